The molecule has 0 atom stereocenters. The van der Waals surface area contributed by atoms with E-state index in [-0.39, 0.29) is 11.3 Å². The molecule has 0 spiro atoms. The number of para-hydroxylation sites is 1. The van der Waals surface area contributed by atoms with E-state index in [0.717, 1.165) is 0 Å². The third kappa shape index (κ3) is 3.61. The fraction of sp³-hybridized carbons (Fsp3) is 0.167. The van der Waals surface area contributed by atoms with Crippen LogP contribution in [0.2, 0.25) is 0 Å². The van der Waals surface area contributed by atoms with Crippen LogP contribution in [0.25, 0.3) is 0 Å². The molecule has 1 aromatic carbocycles. The third-order valence-electron chi connectivity index (χ3n) is 1.87. The molecule has 0 saturated heterocycles. The standard InChI is InChI=1S/C12H12FN3O/c1-16(2)8-9(7-14)12(17)15-11-6-4-3-5-10(11)13/h3-6,8H,1-2H3,(H,15,17)/b9-8-. The highest BCUT2D eigenvalue weighted by Gasteiger charge is 2.11. The van der Waals surface area contributed by atoms with Gasteiger partial charge in [0.1, 0.15) is 17.5 Å². The van der Waals surface area contributed by atoms with E-state index in [4.69, 9.17) is 5.26 Å². The van der Waals surface area contributed by atoms with Crippen LogP contribution in [-0.2, 0) is 4.79 Å². The number of carbonyl (C=O) groups excluding carboxylic acids is 1. The third-order valence-corrected chi connectivity index (χ3v) is 1.87. The van der Waals surface area contributed by atoms with Crippen LogP contribution in [0.15, 0.2) is 36.0 Å². The van der Waals surface area contributed by atoms with Gasteiger partial charge in [0.25, 0.3) is 5.91 Å². The van der Waals surface area contributed by atoms with Gasteiger partial charge in [-0.2, -0.15) is 5.26 Å². The zero-order chi connectivity index (χ0) is 12.8. The summed E-state index contributed by atoms with van der Waals surface area (Å²) in [5.74, 6) is -1.17. The molecule has 0 aliphatic heterocycles. The lowest BCUT2D eigenvalue weighted by Crippen LogP contribution is -2.17. The molecule has 0 bridgehead atoms. The van der Waals surface area contributed by atoms with E-state index in [1.165, 1.54) is 24.4 Å². The van der Waals surface area contributed by atoms with Gasteiger partial charge in [0.05, 0.1) is 5.69 Å². The van der Waals surface area contributed by atoms with Gasteiger partial charge < -0.3 is 10.2 Å². The second-order valence-corrected chi connectivity index (χ2v) is 3.55. The van der Waals surface area contributed by atoms with Gasteiger partial charge in [-0.1, -0.05) is 12.1 Å². The van der Waals surface area contributed by atoms with Crippen molar-refractivity contribution in [1.82, 2.24) is 4.90 Å². The SMILES string of the molecule is CN(C)/C=C(/C#N)C(=O)Nc1ccccc1F. The lowest BCUT2D eigenvalue weighted by Gasteiger charge is -2.08. The van der Waals surface area contributed by atoms with Crippen molar-refractivity contribution in [2.45, 2.75) is 0 Å². The molecule has 0 aliphatic carbocycles. The topological polar surface area (TPSA) is 56.1 Å². The number of nitriles is 1. The molecule has 1 rings (SSSR count). The maximum absolute atomic E-state index is 13.3. The van der Waals surface area contributed by atoms with Gasteiger partial charge >= 0.3 is 0 Å². The Hall–Kier alpha value is -2.35. The molecule has 88 valence electrons. The summed E-state index contributed by atoms with van der Waals surface area (Å²) in [5.41, 5.74) is -0.0318. The highest BCUT2D eigenvalue weighted by atomic mass is 19.1. The van der Waals surface area contributed by atoms with Gasteiger partial charge in [-0.15, -0.1) is 0 Å². The van der Waals surface area contributed by atoms with Crippen LogP contribution in [0.3, 0.4) is 0 Å². The van der Waals surface area contributed by atoms with Crippen molar-refractivity contribution >= 4 is 11.6 Å². The number of benzene rings is 1. The number of rotatable bonds is 3. The van der Waals surface area contributed by atoms with Crippen LogP contribution in [0, 0.1) is 17.1 Å². The number of hydrogen-bond acceptors (Lipinski definition) is 3. The van der Waals surface area contributed by atoms with Crippen molar-refractivity contribution in [2.24, 2.45) is 0 Å². The lowest BCUT2D eigenvalue weighted by atomic mass is 10.2. The molecule has 0 aromatic heterocycles. The van der Waals surface area contributed by atoms with Gasteiger partial charge in [0.2, 0.25) is 0 Å². The summed E-state index contributed by atoms with van der Waals surface area (Å²) in [6.45, 7) is 0. The van der Waals surface area contributed by atoms with E-state index in [9.17, 15) is 9.18 Å². The van der Waals surface area contributed by atoms with Crippen LogP contribution in [0.1, 0.15) is 0 Å². The van der Waals surface area contributed by atoms with E-state index in [1.807, 2.05) is 0 Å². The lowest BCUT2D eigenvalue weighted by molar-refractivity contribution is -0.112. The average Bonchev–Trinajstić information content (AvgIpc) is 2.28. The van der Waals surface area contributed by atoms with E-state index >= 15 is 0 Å². The molecule has 0 saturated carbocycles. The highest BCUT2D eigenvalue weighted by molar-refractivity contribution is 6.06. The molecule has 17 heavy (non-hydrogen) atoms. The van der Waals surface area contributed by atoms with Crippen molar-refractivity contribution in [3.05, 3.63) is 41.9 Å². The number of anilines is 1. The van der Waals surface area contributed by atoms with E-state index < -0.39 is 11.7 Å². The molecular formula is C12H12FN3O. The Morgan fingerprint density at radius 1 is 1.47 bits per heavy atom. The zero-order valence-corrected chi connectivity index (χ0v) is 9.57. The number of hydrogen-bond donors (Lipinski definition) is 1. The molecule has 0 aliphatic rings. The van der Waals surface area contributed by atoms with E-state index in [2.05, 4.69) is 5.32 Å². The molecule has 0 unspecified atom stereocenters. The Labute approximate surface area is 99.0 Å². The number of halogens is 1. The number of nitrogens with one attached hydrogen (secondary N) is 1. The second-order valence-electron chi connectivity index (χ2n) is 3.55. The van der Waals surface area contributed by atoms with Crippen molar-refractivity contribution < 1.29 is 9.18 Å². The fourth-order valence-electron chi connectivity index (χ4n) is 1.15. The van der Waals surface area contributed by atoms with Crippen molar-refractivity contribution in [3.8, 4) is 6.07 Å². The Bertz CT molecular complexity index is 489. The minimum absolute atomic E-state index is 0.0532. The first kappa shape index (κ1) is 12.7. The molecule has 0 heterocycles. The Kier molecular flexibility index (Phi) is 4.23. The smallest absolute Gasteiger partial charge is 0.267 e. The van der Waals surface area contributed by atoms with Gasteiger partial charge in [-0.3, -0.25) is 4.79 Å². The van der Waals surface area contributed by atoms with E-state index in [1.54, 1.807) is 31.1 Å². The first-order valence-electron chi connectivity index (χ1n) is 4.89. The summed E-state index contributed by atoms with van der Waals surface area (Å²) in [6.07, 6.45) is 1.37. The molecule has 1 N–H and O–H groups in total. The van der Waals surface area contributed by atoms with Gasteiger partial charge in [0.15, 0.2) is 0 Å². The number of carbonyl (C=O) groups is 1. The summed E-state index contributed by atoms with van der Waals surface area (Å²) in [4.78, 5) is 13.2. The predicted molar refractivity (Wildman–Crippen MR) is 62.4 cm³/mol. The van der Waals surface area contributed by atoms with Crippen LogP contribution in [-0.4, -0.2) is 24.9 Å². The number of nitrogens with zero attached hydrogens (tertiary/aromatic N) is 2. The molecule has 1 aromatic rings. The first-order valence-corrected chi connectivity index (χ1v) is 4.89. The highest BCUT2D eigenvalue weighted by Crippen LogP contribution is 2.13. The minimum Gasteiger partial charge on any atom is -0.382 e. The number of amides is 1. The molecule has 0 radical (unpaired) electrons. The molecule has 5 heteroatoms. The first-order chi connectivity index (χ1) is 8.04. The quantitative estimate of drug-likeness (QED) is 0.639. The van der Waals surface area contributed by atoms with Crippen LogP contribution >= 0.6 is 0 Å². The largest absolute Gasteiger partial charge is 0.382 e. The molecule has 0 fully saturated rings. The molecule has 4 nitrogen and oxygen atoms in total. The Balaban J connectivity index is 2.87. The second kappa shape index (κ2) is 5.66. The summed E-state index contributed by atoms with van der Waals surface area (Å²) >= 11 is 0. The summed E-state index contributed by atoms with van der Waals surface area (Å²) in [5, 5.41) is 11.1. The van der Waals surface area contributed by atoms with Crippen LogP contribution in [0.5, 0.6) is 0 Å². The molecular weight excluding hydrogens is 221 g/mol. The minimum atomic E-state index is -0.633. The zero-order valence-electron chi connectivity index (χ0n) is 9.57. The monoisotopic (exact) mass is 233 g/mol. The van der Waals surface area contributed by atoms with Gasteiger partial charge in [0, 0.05) is 20.3 Å². The Morgan fingerprint density at radius 3 is 2.65 bits per heavy atom. The molecule has 1 amide bonds. The van der Waals surface area contributed by atoms with Crippen LogP contribution in [0.4, 0.5) is 10.1 Å². The van der Waals surface area contributed by atoms with Crippen molar-refractivity contribution in [3.63, 3.8) is 0 Å². The Morgan fingerprint density at radius 2 is 2.12 bits per heavy atom. The summed E-state index contributed by atoms with van der Waals surface area (Å²) in [7, 11) is 3.38. The summed E-state index contributed by atoms with van der Waals surface area (Å²) in [6, 6.07) is 7.54. The predicted octanol–water partition coefficient (Wildman–Crippen LogP) is 1.73. The normalized spacial score (nSPS) is 10.6. The average molecular weight is 233 g/mol. The van der Waals surface area contributed by atoms with Crippen molar-refractivity contribution in [1.29, 1.82) is 5.26 Å². The van der Waals surface area contributed by atoms with Gasteiger partial charge in [-0.25, -0.2) is 4.39 Å². The maximum Gasteiger partial charge on any atom is 0.267 e. The summed E-state index contributed by atoms with van der Waals surface area (Å²) < 4.78 is 13.3. The van der Waals surface area contributed by atoms with Crippen LogP contribution < -0.4 is 5.32 Å². The van der Waals surface area contributed by atoms with E-state index in [0.29, 0.717) is 0 Å². The van der Waals surface area contributed by atoms with Gasteiger partial charge in [-0.05, 0) is 12.1 Å². The maximum atomic E-state index is 13.3. The van der Waals surface area contributed by atoms with Crippen molar-refractivity contribution in [2.75, 3.05) is 19.4 Å². The fourth-order valence-corrected chi connectivity index (χ4v) is 1.15.